The van der Waals surface area contributed by atoms with Gasteiger partial charge < -0.3 is 28.4 Å². The molecule has 1 aliphatic carbocycles. The molecule has 0 spiro atoms. The summed E-state index contributed by atoms with van der Waals surface area (Å²) >= 11 is 6.54. The minimum Gasteiger partial charge on any atom is -0.493 e. The predicted octanol–water partition coefficient (Wildman–Crippen LogP) is 5.45. The molecule has 1 saturated heterocycles. The van der Waals surface area contributed by atoms with Crippen molar-refractivity contribution in [1.29, 1.82) is 0 Å². The molecule has 5 unspecified atom stereocenters. The van der Waals surface area contributed by atoms with Gasteiger partial charge in [-0.2, -0.15) is 13.2 Å². The molecule has 1 aliphatic heterocycles. The lowest BCUT2D eigenvalue weighted by Gasteiger charge is -2.44. The molecule has 10 nitrogen and oxygen atoms in total. The number of esters is 4. The average Bonchev–Trinajstić information content (AvgIpc) is 3.76. The van der Waals surface area contributed by atoms with Crippen molar-refractivity contribution in [3.63, 3.8) is 0 Å². The van der Waals surface area contributed by atoms with Crippen LogP contribution in [0.25, 0.3) is 0 Å². The summed E-state index contributed by atoms with van der Waals surface area (Å²) in [6.07, 6.45) is -10.0. The largest absolute Gasteiger partial charge is 0.493 e. The zero-order valence-electron chi connectivity index (χ0n) is 25.6. The van der Waals surface area contributed by atoms with Crippen LogP contribution in [0.4, 0.5) is 13.2 Å². The van der Waals surface area contributed by atoms with Gasteiger partial charge in [-0.3, -0.25) is 19.2 Å². The van der Waals surface area contributed by atoms with E-state index >= 15 is 0 Å². The van der Waals surface area contributed by atoms with Crippen molar-refractivity contribution in [2.75, 3.05) is 13.2 Å². The van der Waals surface area contributed by atoms with Gasteiger partial charge in [0.1, 0.15) is 36.6 Å². The number of hydrogen-bond donors (Lipinski definition) is 0. The molecule has 0 aromatic heterocycles. The molecule has 0 bridgehead atoms. The van der Waals surface area contributed by atoms with Crippen molar-refractivity contribution in [2.45, 2.75) is 83.7 Å². The summed E-state index contributed by atoms with van der Waals surface area (Å²) in [5.41, 5.74) is 0.0626. The van der Waals surface area contributed by atoms with E-state index in [4.69, 9.17) is 40.0 Å². The Hall–Kier alpha value is -3.84. The Morgan fingerprint density at radius 2 is 1.43 bits per heavy atom. The Morgan fingerprint density at radius 3 is 1.98 bits per heavy atom. The third-order valence-electron chi connectivity index (χ3n) is 7.68. The molecule has 1 heterocycles. The van der Waals surface area contributed by atoms with Crippen LogP contribution in [0.1, 0.15) is 63.3 Å². The molecule has 0 radical (unpaired) electrons. The van der Waals surface area contributed by atoms with E-state index < -0.39 is 72.6 Å². The summed E-state index contributed by atoms with van der Waals surface area (Å²) in [6, 6.07) is 11.5. The number of alkyl halides is 3. The first-order valence-corrected chi connectivity index (χ1v) is 14.8. The van der Waals surface area contributed by atoms with Crippen LogP contribution in [-0.4, -0.2) is 67.7 Å². The van der Waals surface area contributed by atoms with E-state index in [9.17, 15) is 32.3 Å². The first-order chi connectivity index (χ1) is 21.6. The van der Waals surface area contributed by atoms with Crippen molar-refractivity contribution in [3.8, 4) is 5.75 Å². The van der Waals surface area contributed by atoms with Gasteiger partial charge in [-0.05, 0) is 54.2 Å². The molecule has 14 heteroatoms. The number of ether oxygens (including phenoxy) is 6. The highest BCUT2D eigenvalue weighted by molar-refractivity contribution is 6.31. The Morgan fingerprint density at radius 1 is 0.848 bits per heavy atom. The molecule has 250 valence electrons. The Balaban J connectivity index is 1.61. The maximum atomic E-state index is 13.2. The SMILES string of the molecule is CC(=O)OCC1OC(c2ccc(Cl)c(Cc3ccc(OCC4(C(F)(F)F)CC4)cc3)c2)C(OC(C)=O)C(OC(C)=O)C1OC(C)=O. The van der Waals surface area contributed by atoms with Crippen LogP contribution in [0, 0.1) is 5.41 Å². The molecule has 2 fully saturated rings. The molecule has 2 aromatic rings. The fraction of sp³-hybridized carbons (Fsp3) is 0.500. The minimum absolute atomic E-state index is 0.0446. The maximum Gasteiger partial charge on any atom is 0.397 e. The van der Waals surface area contributed by atoms with Crippen molar-refractivity contribution in [1.82, 2.24) is 0 Å². The van der Waals surface area contributed by atoms with E-state index in [1.54, 1.807) is 42.5 Å². The molecule has 46 heavy (non-hydrogen) atoms. The number of benzene rings is 2. The van der Waals surface area contributed by atoms with Crippen molar-refractivity contribution < 1.29 is 60.8 Å². The monoisotopic (exact) mass is 670 g/mol. The summed E-state index contributed by atoms with van der Waals surface area (Å²) < 4.78 is 73.1. The van der Waals surface area contributed by atoms with Gasteiger partial charge in [0.2, 0.25) is 0 Å². The summed E-state index contributed by atoms with van der Waals surface area (Å²) in [7, 11) is 0. The molecule has 5 atom stereocenters. The molecule has 0 N–H and O–H groups in total. The topological polar surface area (TPSA) is 124 Å². The van der Waals surface area contributed by atoms with Gasteiger partial charge in [0.15, 0.2) is 18.3 Å². The first-order valence-electron chi connectivity index (χ1n) is 14.5. The Kier molecular flexibility index (Phi) is 10.9. The van der Waals surface area contributed by atoms with Gasteiger partial charge in [0.25, 0.3) is 0 Å². The second-order valence-electron chi connectivity index (χ2n) is 11.4. The van der Waals surface area contributed by atoms with Gasteiger partial charge in [-0.25, -0.2) is 0 Å². The Bertz CT molecular complexity index is 1440. The second kappa shape index (κ2) is 14.3. The van der Waals surface area contributed by atoms with Crippen LogP contribution in [0.15, 0.2) is 42.5 Å². The number of carbonyl (C=O) groups excluding carboxylic acids is 4. The van der Waals surface area contributed by atoms with E-state index in [0.29, 0.717) is 28.3 Å². The highest BCUT2D eigenvalue weighted by Crippen LogP contribution is 2.57. The smallest absolute Gasteiger partial charge is 0.397 e. The number of rotatable bonds is 11. The van der Waals surface area contributed by atoms with Crippen LogP contribution in [-0.2, 0) is 49.3 Å². The van der Waals surface area contributed by atoms with Crippen molar-refractivity contribution in [2.24, 2.45) is 5.41 Å². The fourth-order valence-electron chi connectivity index (χ4n) is 5.21. The van der Waals surface area contributed by atoms with Crippen LogP contribution < -0.4 is 4.74 Å². The van der Waals surface area contributed by atoms with Gasteiger partial charge in [-0.15, -0.1) is 0 Å². The highest BCUT2D eigenvalue weighted by atomic mass is 35.5. The maximum absolute atomic E-state index is 13.2. The lowest BCUT2D eigenvalue weighted by Crippen LogP contribution is -2.59. The lowest BCUT2D eigenvalue weighted by molar-refractivity contribution is -0.254. The van der Waals surface area contributed by atoms with Crippen molar-refractivity contribution >= 4 is 35.5 Å². The first kappa shape index (κ1) is 35.0. The average molecular weight is 671 g/mol. The number of carbonyl (C=O) groups is 4. The third-order valence-corrected chi connectivity index (χ3v) is 8.05. The molecule has 0 amide bonds. The van der Waals surface area contributed by atoms with E-state index in [2.05, 4.69) is 0 Å². The summed E-state index contributed by atoms with van der Waals surface area (Å²) in [6.45, 7) is 3.80. The van der Waals surface area contributed by atoms with E-state index in [1.807, 2.05) is 0 Å². The van der Waals surface area contributed by atoms with E-state index in [-0.39, 0.29) is 19.4 Å². The minimum atomic E-state index is -4.31. The zero-order chi connectivity index (χ0) is 33.8. The molecule has 1 saturated carbocycles. The Labute approximate surface area is 268 Å². The van der Waals surface area contributed by atoms with Crippen LogP contribution in [0.2, 0.25) is 5.02 Å². The van der Waals surface area contributed by atoms with Gasteiger partial charge >= 0.3 is 30.1 Å². The van der Waals surface area contributed by atoms with E-state index in [1.165, 1.54) is 6.92 Å². The highest BCUT2D eigenvalue weighted by Gasteiger charge is 2.64. The molecule has 4 rings (SSSR count). The van der Waals surface area contributed by atoms with Crippen LogP contribution >= 0.6 is 11.6 Å². The van der Waals surface area contributed by atoms with Crippen molar-refractivity contribution in [3.05, 3.63) is 64.2 Å². The van der Waals surface area contributed by atoms with Crippen LogP contribution in [0.5, 0.6) is 5.75 Å². The lowest BCUT2D eigenvalue weighted by atomic mass is 9.89. The molecular formula is C32H34ClF3O10. The normalized spacial score (nSPS) is 23.5. The van der Waals surface area contributed by atoms with Gasteiger partial charge in [0.05, 0.1) is 0 Å². The van der Waals surface area contributed by atoms with E-state index in [0.717, 1.165) is 26.3 Å². The third kappa shape index (κ3) is 8.69. The molecule has 2 aromatic carbocycles. The predicted molar refractivity (Wildman–Crippen MR) is 155 cm³/mol. The number of halogens is 4. The number of hydrogen-bond acceptors (Lipinski definition) is 10. The standard InChI is InChI=1S/C32H34ClF3O10/c1-17(37)41-15-26-28(43-18(2)38)30(45-20(4)40)29(44-19(3)39)27(46-26)22-7-10-25(33)23(14-22)13-21-5-8-24(9-6-21)42-16-31(11-12-31)32(34,35)36/h5-10,14,26-30H,11-13,15-16H2,1-4H3. The fourth-order valence-corrected chi connectivity index (χ4v) is 5.39. The zero-order valence-corrected chi connectivity index (χ0v) is 26.3. The summed E-state index contributed by atoms with van der Waals surface area (Å²) in [5, 5.41) is 0.385. The summed E-state index contributed by atoms with van der Waals surface area (Å²) in [4.78, 5) is 48.0. The molecule has 2 aliphatic rings. The molecular weight excluding hydrogens is 637 g/mol. The second-order valence-corrected chi connectivity index (χ2v) is 11.8. The van der Waals surface area contributed by atoms with Gasteiger partial charge in [-0.1, -0.05) is 35.9 Å². The van der Waals surface area contributed by atoms with Crippen LogP contribution in [0.3, 0.4) is 0 Å². The quantitative estimate of drug-likeness (QED) is 0.225. The van der Waals surface area contributed by atoms with Gasteiger partial charge in [0, 0.05) is 32.7 Å². The summed E-state index contributed by atoms with van der Waals surface area (Å²) in [5.74, 6) is -2.55.